The third-order valence-electron chi connectivity index (χ3n) is 2.71. The average Bonchev–Trinajstić information content (AvgIpc) is 2.38. The van der Waals surface area contributed by atoms with Gasteiger partial charge >= 0.3 is 5.69 Å². The number of nitro groups is 1. The Morgan fingerprint density at radius 2 is 2.05 bits per heavy atom. The molecule has 0 amide bonds. The first-order valence-electron chi connectivity index (χ1n) is 5.79. The van der Waals surface area contributed by atoms with Crippen molar-refractivity contribution in [3.05, 3.63) is 67.1 Å². The smallest absolute Gasteiger partial charge is 0.311 e. The van der Waals surface area contributed by atoms with Gasteiger partial charge in [0.2, 0.25) is 0 Å². The molecule has 20 heavy (non-hydrogen) atoms. The second kappa shape index (κ2) is 6.24. The summed E-state index contributed by atoms with van der Waals surface area (Å²) >= 11 is 9.40. The number of hydrogen-bond donors (Lipinski definition) is 0. The third kappa shape index (κ3) is 3.49. The summed E-state index contributed by atoms with van der Waals surface area (Å²) in [7, 11) is 0. The first-order valence-corrected chi connectivity index (χ1v) is 6.96. The molecule has 2 rings (SSSR count). The molecule has 0 N–H and O–H groups in total. The van der Waals surface area contributed by atoms with E-state index in [1.807, 2.05) is 12.1 Å². The Morgan fingerprint density at radius 1 is 1.30 bits per heavy atom. The predicted molar refractivity (Wildman–Crippen MR) is 81.3 cm³/mol. The minimum atomic E-state index is -0.453. The van der Waals surface area contributed by atoms with Gasteiger partial charge in [-0.25, -0.2) is 0 Å². The van der Waals surface area contributed by atoms with E-state index >= 15 is 0 Å². The Labute approximate surface area is 129 Å². The van der Waals surface area contributed by atoms with Crippen molar-refractivity contribution >= 4 is 33.2 Å². The molecule has 2 aromatic rings. The van der Waals surface area contributed by atoms with Crippen molar-refractivity contribution in [2.24, 2.45) is 0 Å². The molecule has 6 heteroatoms. The SMILES string of the molecule is Cc1ccc(OCc2ccc(Br)cc2Cl)c([N+](=O)[O-])c1. The highest BCUT2D eigenvalue weighted by atomic mass is 79.9. The molecule has 0 spiro atoms. The summed E-state index contributed by atoms with van der Waals surface area (Å²) in [6.45, 7) is 1.97. The molecule has 2 aromatic carbocycles. The Kier molecular flexibility index (Phi) is 4.62. The fourth-order valence-electron chi connectivity index (χ4n) is 1.69. The zero-order valence-electron chi connectivity index (χ0n) is 10.6. The van der Waals surface area contributed by atoms with Crippen LogP contribution in [0.5, 0.6) is 5.75 Å². The van der Waals surface area contributed by atoms with E-state index in [2.05, 4.69) is 15.9 Å². The minimum absolute atomic E-state index is 0.0433. The molecule has 4 nitrogen and oxygen atoms in total. The standard InChI is InChI=1S/C14H11BrClNO3/c1-9-2-5-14(13(6-9)17(18)19)20-8-10-3-4-11(15)7-12(10)16/h2-7H,8H2,1H3. The molecule has 0 aliphatic heterocycles. The van der Waals surface area contributed by atoms with Gasteiger partial charge in [0.15, 0.2) is 5.75 Å². The van der Waals surface area contributed by atoms with Crippen LogP contribution in [0, 0.1) is 17.0 Å². The fraction of sp³-hybridized carbons (Fsp3) is 0.143. The van der Waals surface area contributed by atoms with Crippen molar-refractivity contribution < 1.29 is 9.66 Å². The normalized spacial score (nSPS) is 10.3. The molecule has 0 aliphatic rings. The van der Waals surface area contributed by atoms with Gasteiger partial charge in [0.25, 0.3) is 0 Å². The molecular weight excluding hydrogens is 346 g/mol. The van der Waals surface area contributed by atoms with Gasteiger partial charge in [-0.3, -0.25) is 10.1 Å². The van der Waals surface area contributed by atoms with E-state index in [0.29, 0.717) is 5.02 Å². The highest BCUT2D eigenvalue weighted by Crippen LogP contribution is 2.29. The molecular formula is C14H11BrClNO3. The van der Waals surface area contributed by atoms with E-state index in [9.17, 15) is 10.1 Å². The van der Waals surface area contributed by atoms with Gasteiger partial charge in [-0.05, 0) is 30.7 Å². The largest absolute Gasteiger partial charge is 0.482 e. The molecule has 0 aliphatic carbocycles. The maximum absolute atomic E-state index is 11.0. The van der Waals surface area contributed by atoms with Gasteiger partial charge in [0, 0.05) is 21.1 Å². The second-order valence-electron chi connectivity index (χ2n) is 4.25. The molecule has 0 heterocycles. The number of hydrogen-bond acceptors (Lipinski definition) is 3. The number of rotatable bonds is 4. The molecule has 0 fully saturated rings. The van der Waals surface area contributed by atoms with E-state index in [1.54, 1.807) is 25.1 Å². The monoisotopic (exact) mass is 355 g/mol. The van der Waals surface area contributed by atoms with Crippen molar-refractivity contribution in [3.63, 3.8) is 0 Å². The molecule has 0 unspecified atom stereocenters. The van der Waals surface area contributed by atoms with Crippen LogP contribution in [0.3, 0.4) is 0 Å². The van der Waals surface area contributed by atoms with E-state index in [1.165, 1.54) is 6.07 Å². The summed E-state index contributed by atoms with van der Waals surface area (Å²) in [5.41, 5.74) is 1.54. The summed E-state index contributed by atoms with van der Waals surface area (Å²) in [4.78, 5) is 10.5. The molecule has 0 aromatic heterocycles. The van der Waals surface area contributed by atoms with Gasteiger partial charge < -0.3 is 4.74 Å². The van der Waals surface area contributed by atoms with E-state index < -0.39 is 4.92 Å². The lowest BCUT2D eigenvalue weighted by molar-refractivity contribution is -0.386. The number of aryl methyl sites for hydroxylation is 1. The molecule has 0 bridgehead atoms. The van der Waals surface area contributed by atoms with E-state index in [-0.39, 0.29) is 18.0 Å². The van der Waals surface area contributed by atoms with Gasteiger partial charge in [-0.15, -0.1) is 0 Å². The third-order valence-corrected chi connectivity index (χ3v) is 3.55. The first-order chi connectivity index (χ1) is 9.47. The fourth-order valence-corrected chi connectivity index (χ4v) is 2.41. The highest BCUT2D eigenvalue weighted by Gasteiger charge is 2.15. The maximum Gasteiger partial charge on any atom is 0.311 e. The van der Waals surface area contributed by atoms with Crippen LogP contribution >= 0.6 is 27.5 Å². The van der Waals surface area contributed by atoms with Crippen LogP contribution in [-0.4, -0.2) is 4.92 Å². The molecule has 0 radical (unpaired) electrons. The zero-order valence-corrected chi connectivity index (χ0v) is 12.9. The van der Waals surface area contributed by atoms with Crippen LogP contribution < -0.4 is 4.74 Å². The van der Waals surface area contributed by atoms with Crippen molar-refractivity contribution in [2.75, 3.05) is 0 Å². The first kappa shape index (κ1) is 14.8. The molecule has 0 atom stereocenters. The lowest BCUT2D eigenvalue weighted by Crippen LogP contribution is -2.00. The number of nitro benzene ring substituents is 1. The van der Waals surface area contributed by atoms with Crippen LogP contribution in [-0.2, 0) is 6.61 Å². The summed E-state index contributed by atoms with van der Waals surface area (Å²) in [5.74, 6) is 0.236. The zero-order chi connectivity index (χ0) is 14.7. The number of ether oxygens (including phenoxy) is 1. The Morgan fingerprint density at radius 3 is 2.70 bits per heavy atom. The van der Waals surface area contributed by atoms with Crippen LogP contribution in [0.1, 0.15) is 11.1 Å². The summed E-state index contributed by atoms with van der Waals surface area (Å²) in [5, 5.41) is 11.5. The number of halogens is 2. The second-order valence-corrected chi connectivity index (χ2v) is 5.58. The molecule has 0 saturated heterocycles. The minimum Gasteiger partial charge on any atom is -0.482 e. The Balaban J connectivity index is 2.20. The van der Waals surface area contributed by atoms with Gasteiger partial charge in [-0.2, -0.15) is 0 Å². The summed E-state index contributed by atoms with van der Waals surface area (Å²) < 4.78 is 6.39. The van der Waals surface area contributed by atoms with Crippen molar-refractivity contribution in [1.82, 2.24) is 0 Å². The number of benzene rings is 2. The van der Waals surface area contributed by atoms with Gasteiger partial charge in [0.05, 0.1) is 4.92 Å². The highest BCUT2D eigenvalue weighted by molar-refractivity contribution is 9.10. The average molecular weight is 357 g/mol. The maximum atomic E-state index is 11.0. The quantitative estimate of drug-likeness (QED) is 0.578. The van der Waals surface area contributed by atoms with Crippen LogP contribution in [0.4, 0.5) is 5.69 Å². The van der Waals surface area contributed by atoms with Crippen LogP contribution in [0.15, 0.2) is 40.9 Å². The lowest BCUT2D eigenvalue weighted by Gasteiger charge is -2.09. The van der Waals surface area contributed by atoms with Gasteiger partial charge in [0.1, 0.15) is 6.61 Å². The van der Waals surface area contributed by atoms with E-state index in [4.69, 9.17) is 16.3 Å². The summed E-state index contributed by atoms with van der Waals surface area (Å²) in [6.07, 6.45) is 0. The molecule has 0 saturated carbocycles. The predicted octanol–water partition coefficient (Wildman–Crippen LogP) is 4.90. The summed E-state index contributed by atoms with van der Waals surface area (Å²) in [6, 6.07) is 10.3. The van der Waals surface area contributed by atoms with E-state index in [0.717, 1.165) is 15.6 Å². The van der Waals surface area contributed by atoms with Gasteiger partial charge in [-0.1, -0.05) is 39.7 Å². The van der Waals surface area contributed by atoms with Crippen LogP contribution in [0.2, 0.25) is 5.02 Å². The Hall–Kier alpha value is -1.59. The number of nitrogens with zero attached hydrogens (tertiary/aromatic N) is 1. The topological polar surface area (TPSA) is 52.4 Å². The van der Waals surface area contributed by atoms with Crippen molar-refractivity contribution in [3.8, 4) is 5.75 Å². The molecule has 104 valence electrons. The van der Waals surface area contributed by atoms with Crippen molar-refractivity contribution in [1.29, 1.82) is 0 Å². The van der Waals surface area contributed by atoms with Crippen molar-refractivity contribution in [2.45, 2.75) is 13.5 Å². The Bertz CT molecular complexity index is 661. The lowest BCUT2D eigenvalue weighted by atomic mass is 10.2. The van der Waals surface area contributed by atoms with Crippen LogP contribution in [0.25, 0.3) is 0 Å².